The third-order valence-corrected chi connectivity index (χ3v) is 5.08. The molecule has 1 rings (SSSR count). The van der Waals surface area contributed by atoms with Crippen LogP contribution in [-0.4, -0.2) is 63.5 Å². The zero-order chi connectivity index (χ0) is 15.7. The van der Waals surface area contributed by atoms with E-state index in [4.69, 9.17) is 9.47 Å². The molecule has 4 nitrogen and oxygen atoms in total. The van der Waals surface area contributed by atoms with Crippen molar-refractivity contribution in [3.05, 3.63) is 0 Å². The van der Waals surface area contributed by atoms with Gasteiger partial charge in [-0.2, -0.15) is 0 Å². The van der Waals surface area contributed by atoms with Crippen molar-refractivity contribution in [1.82, 2.24) is 10.2 Å². The zero-order valence-electron chi connectivity index (χ0n) is 14.7. The molecule has 4 atom stereocenters. The fourth-order valence-corrected chi connectivity index (χ4v) is 3.04. The van der Waals surface area contributed by atoms with Crippen molar-refractivity contribution in [2.45, 2.75) is 52.6 Å². The second-order valence-electron chi connectivity index (χ2n) is 6.45. The Morgan fingerprint density at radius 2 is 1.81 bits per heavy atom. The minimum atomic E-state index is 0.620. The van der Waals surface area contributed by atoms with E-state index in [2.05, 4.69) is 37.9 Å². The average molecular weight is 300 g/mol. The van der Waals surface area contributed by atoms with Gasteiger partial charge in [0.2, 0.25) is 0 Å². The second kappa shape index (κ2) is 10.5. The number of nitrogens with one attached hydrogen (secondary N) is 1. The molecule has 0 spiro atoms. The van der Waals surface area contributed by atoms with Crippen molar-refractivity contribution in [2.24, 2.45) is 11.8 Å². The van der Waals surface area contributed by atoms with Crippen LogP contribution in [0.3, 0.4) is 0 Å². The van der Waals surface area contributed by atoms with Crippen LogP contribution in [0.25, 0.3) is 0 Å². The van der Waals surface area contributed by atoms with Gasteiger partial charge in [0.1, 0.15) is 0 Å². The number of hydrogen-bond acceptors (Lipinski definition) is 4. The fourth-order valence-electron chi connectivity index (χ4n) is 3.04. The highest BCUT2D eigenvalue weighted by Crippen LogP contribution is 2.21. The summed E-state index contributed by atoms with van der Waals surface area (Å²) in [6.45, 7) is 14.8. The minimum absolute atomic E-state index is 0.620. The number of rotatable bonds is 10. The highest BCUT2D eigenvalue weighted by molar-refractivity contribution is 4.90. The molecule has 0 amide bonds. The molecule has 4 unspecified atom stereocenters. The van der Waals surface area contributed by atoms with Gasteiger partial charge in [-0.3, -0.25) is 4.90 Å². The summed E-state index contributed by atoms with van der Waals surface area (Å²) >= 11 is 0. The Balaban J connectivity index is 2.48. The number of nitrogens with zero attached hydrogens (tertiary/aromatic N) is 1. The van der Waals surface area contributed by atoms with Crippen molar-refractivity contribution in [1.29, 1.82) is 0 Å². The number of piperazine rings is 1. The molecule has 1 aliphatic heterocycles. The number of hydrogen-bond donors (Lipinski definition) is 1. The van der Waals surface area contributed by atoms with Crippen molar-refractivity contribution < 1.29 is 9.47 Å². The third kappa shape index (κ3) is 6.23. The van der Waals surface area contributed by atoms with E-state index in [-0.39, 0.29) is 0 Å². The molecule has 0 radical (unpaired) electrons. The average Bonchev–Trinajstić information content (AvgIpc) is 2.53. The van der Waals surface area contributed by atoms with E-state index in [1.165, 1.54) is 12.8 Å². The molecule has 1 N–H and O–H groups in total. The Hall–Kier alpha value is -0.160. The van der Waals surface area contributed by atoms with Crippen molar-refractivity contribution in [3.63, 3.8) is 0 Å². The maximum Gasteiger partial charge on any atom is 0.0700 e. The van der Waals surface area contributed by atoms with Gasteiger partial charge in [-0.05, 0) is 11.8 Å². The van der Waals surface area contributed by atoms with E-state index in [1.54, 1.807) is 7.11 Å². The maximum absolute atomic E-state index is 5.67. The summed E-state index contributed by atoms with van der Waals surface area (Å²) in [7, 11) is 1.72. The van der Waals surface area contributed by atoms with Gasteiger partial charge in [-0.15, -0.1) is 0 Å². The summed E-state index contributed by atoms with van der Waals surface area (Å²) in [4.78, 5) is 2.65. The number of ether oxygens (including phenoxy) is 2. The lowest BCUT2D eigenvalue weighted by Gasteiger charge is -2.44. The Kier molecular flexibility index (Phi) is 9.49. The third-order valence-electron chi connectivity index (χ3n) is 5.08. The lowest BCUT2D eigenvalue weighted by atomic mass is 9.90. The number of methoxy groups -OCH3 is 1. The van der Waals surface area contributed by atoms with Crippen LogP contribution in [0.1, 0.15) is 40.5 Å². The molecule has 1 fully saturated rings. The summed E-state index contributed by atoms with van der Waals surface area (Å²) in [5.41, 5.74) is 0. The molecule has 0 aromatic carbocycles. The molecule has 126 valence electrons. The lowest BCUT2D eigenvalue weighted by molar-refractivity contribution is 0.0234. The van der Waals surface area contributed by atoms with E-state index in [0.717, 1.165) is 38.1 Å². The highest BCUT2D eigenvalue weighted by atomic mass is 16.5. The standard InChI is InChI=1S/C17H36N2O2/c1-6-14(3)16-13-19(8-9-21-11-10-20-5)17(12-18-16)15(4)7-2/h14-18H,6-13H2,1-5H3. The van der Waals surface area contributed by atoms with Gasteiger partial charge in [0.05, 0.1) is 19.8 Å². The molecule has 0 aromatic rings. The Morgan fingerprint density at radius 1 is 1.10 bits per heavy atom. The van der Waals surface area contributed by atoms with E-state index in [9.17, 15) is 0 Å². The van der Waals surface area contributed by atoms with Crippen molar-refractivity contribution in [3.8, 4) is 0 Å². The van der Waals surface area contributed by atoms with E-state index in [1.807, 2.05) is 0 Å². The maximum atomic E-state index is 5.67. The predicted molar refractivity (Wildman–Crippen MR) is 88.8 cm³/mol. The molecule has 0 bridgehead atoms. The first kappa shape index (κ1) is 18.9. The van der Waals surface area contributed by atoms with E-state index in [0.29, 0.717) is 25.3 Å². The molecule has 1 saturated heterocycles. The van der Waals surface area contributed by atoms with E-state index >= 15 is 0 Å². The summed E-state index contributed by atoms with van der Waals surface area (Å²) in [6, 6.07) is 1.26. The van der Waals surface area contributed by atoms with Crippen LogP contribution >= 0.6 is 0 Å². The normalized spacial score (nSPS) is 26.7. The van der Waals surface area contributed by atoms with Gasteiger partial charge in [-0.1, -0.05) is 40.5 Å². The van der Waals surface area contributed by atoms with Gasteiger partial charge in [0.25, 0.3) is 0 Å². The molecule has 0 aromatic heterocycles. The van der Waals surface area contributed by atoms with Crippen LogP contribution in [0.15, 0.2) is 0 Å². The SMILES string of the molecule is CCC(C)C1CN(CCOCCOC)C(C(C)CC)CN1. The molecule has 1 heterocycles. The van der Waals surface area contributed by atoms with Crippen LogP contribution < -0.4 is 5.32 Å². The van der Waals surface area contributed by atoms with Crippen molar-refractivity contribution in [2.75, 3.05) is 46.6 Å². The molecule has 4 heteroatoms. The molecule has 0 aliphatic carbocycles. The minimum Gasteiger partial charge on any atom is -0.382 e. The van der Waals surface area contributed by atoms with Crippen LogP contribution in [0, 0.1) is 11.8 Å². The summed E-state index contributed by atoms with van der Waals surface area (Å²) in [6.07, 6.45) is 2.48. The zero-order valence-corrected chi connectivity index (χ0v) is 14.7. The molecular formula is C17H36N2O2. The highest BCUT2D eigenvalue weighted by Gasteiger charge is 2.32. The molecule has 21 heavy (non-hydrogen) atoms. The Morgan fingerprint density at radius 3 is 2.43 bits per heavy atom. The second-order valence-corrected chi connectivity index (χ2v) is 6.45. The summed E-state index contributed by atoms with van der Waals surface area (Å²) in [5, 5.41) is 3.77. The van der Waals surface area contributed by atoms with Gasteiger partial charge in [0.15, 0.2) is 0 Å². The van der Waals surface area contributed by atoms with Gasteiger partial charge in [-0.25, -0.2) is 0 Å². The first-order chi connectivity index (χ1) is 10.1. The molecular weight excluding hydrogens is 264 g/mol. The first-order valence-corrected chi connectivity index (χ1v) is 8.68. The van der Waals surface area contributed by atoms with Gasteiger partial charge in [0, 0.05) is 38.8 Å². The predicted octanol–water partition coefficient (Wildman–Crippen LogP) is 2.38. The monoisotopic (exact) mass is 300 g/mol. The summed E-state index contributed by atoms with van der Waals surface area (Å²) < 4.78 is 10.7. The van der Waals surface area contributed by atoms with Gasteiger partial charge < -0.3 is 14.8 Å². The smallest absolute Gasteiger partial charge is 0.0700 e. The Labute approximate surface area is 131 Å². The summed E-state index contributed by atoms with van der Waals surface area (Å²) in [5.74, 6) is 1.47. The fraction of sp³-hybridized carbons (Fsp3) is 1.00. The topological polar surface area (TPSA) is 33.7 Å². The largest absolute Gasteiger partial charge is 0.382 e. The van der Waals surface area contributed by atoms with Gasteiger partial charge >= 0.3 is 0 Å². The van der Waals surface area contributed by atoms with Crippen molar-refractivity contribution >= 4 is 0 Å². The molecule has 1 aliphatic rings. The quantitative estimate of drug-likeness (QED) is 0.628. The molecule has 0 saturated carbocycles. The van der Waals surface area contributed by atoms with Crippen LogP contribution in [0.2, 0.25) is 0 Å². The van der Waals surface area contributed by atoms with Crippen LogP contribution in [0.5, 0.6) is 0 Å². The van der Waals surface area contributed by atoms with Crippen LogP contribution in [-0.2, 0) is 9.47 Å². The van der Waals surface area contributed by atoms with E-state index < -0.39 is 0 Å². The lowest BCUT2D eigenvalue weighted by Crippen LogP contribution is -2.60. The van der Waals surface area contributed by atoms with Crippen LogP contribution in [0.4, 0.5) is 0 Å². The Bertz CT molecular complexity index is 263. The first-order valence-electron chi connectivity index (χ1n) is 8.68.